The highest BCUT2D eigenvalue weighted by Gasteiger charge is 2.11. The lowest BCUT2D eigenvalue weighted by Crippen LogP contribution is -2.18. The summed E-state index contributed by atoms with van der Waals surface area (Å²) in [5.74, 6) is 6.33. The second kappa shape index (κ2) is 7.14. The molecule has 2 heteroatoms. The summed E-state index contributed by atoms with van der Waals surface area (Å²) in [7, 11) is 0. The molecule has 0 aromatic carbocycles. The Balaban J connectivity index is 2.36. The van der Waals surface area contributed by atoms with Crippen LogP contribution in [0.2, 0.25) is 0 Å². The molecule has 0 aliphatic carbocycles. The molecule has 0 atom stereocenters. The number of rotatable bonds is 4. The first-order valence-corrected chi connectivity index (χ1v) is 7.12. The minimum atomic E-state index is 0.279. The molecule has 1 heterocycles. The lowest BCUT2D eigenvalue weighted by atomic mass is 9.91. The van der Waals surface area contributed by atoms with Gasteiger partial charge in [0.1, 0.15) is 0 Å². The molecule has 0 aliphatic heterocycles. The zero-order valence-corrected chi connectivity index (χ0v) is 13.4. The van der Waals surface area contributed by atoms with E-state index in [1.807, 2.05) is 13.1 Å². The molecule has 1 N–H and O–H groups in total. The predicted octanol–water partition coefficient (Wildman–Crippen LogP) is 3.98. The van der Waals surface area contributed by atoms with Gasteiger partial charge in [0.25, 0.3) is 0 Å². The number of allylic oxidation sites excluding steroid dienone is 1. The highest BCUT2D eigenvalue weighted by atomic mass is 14.9. The predicted molar refractivity (Wildman–Crippen MR) is 86.4 cm³/mol. The number of pyridine rings is 1. The Morgan fingerprint density at radius 1 is 1.35 bits per heavy atom. The SMILES string of the molecule is C=C(CC(C)(C)C)NCCC#Cc1cnc(C)c(C)c1. The van der Waals surface area contributed by atoms with E-state index in [2.05, 4.69) is 62.5 Å². The molecule has 1 aromatic rings. The van der Waals surface area contributed by atoms with Crippen LogP contribution in [-0.4, -0.2) is 11.5 Å². The van der Waals surface area contributed by atoms with Crippen LogP contribution in [-0.2, 0) is 0 Å². The monoisotopic (exact) mass is 270 g/mol. The van der Waals surface area contributed by atoms with E-state index in [0.29, 0.717) is 0 Å². The van der Waals surface area contributed by atoms with Crippen molar-refractivity contribution in [3.63, 3.8) is 0 Å². The van der Waals surface area contributed by atoms with E-state index in [0.717, 1.165) is 36.3 Å². The third-order valence-electron chi connectivity index (χ3n) is 2.94. The van der Waals surface area contributed by atoms with E-state index >= 15 is 0 Å². The van der Waals surface area contributed by atoms with Gasteiger partial charge in [-0.2, -0.15) is 0 Å². The molecule has 0 radical (unpaired) electrons. The Morgan fingerprint density at radius 2 is 2.05 bits per heavy atom. The van der Waals surface area contributed by atoms with Gasteiger partial charge in [-0.25, -0.2) is 0 Å². The summed E-state index contributed by atoms with van der Waals surface area (Å²) in [6, 6.07) is 2.08. The number of aryl methyl sites for hydroxylation is 2. The summed E-state index contributed by atoms with van der Waals surface area (Å²) < 4.78 is 0. The molecule has 0 saturated carbocycles. The summed E-state index contributed by atoms with van der Waals surface area (Å²) in [5, 5.41) is 3.33. The fraction of sp³-hybridized carbons (Fsp3) is 0.500. The van der Waals surface area contributed by atoms with Crippen molar-refractivity contribution < 1.29 is 0 Å². The average molecular weight is 270 g/mol. The van der Waals surface area contributed by atoms with E-state index < -0.39 is 0 Å². The Hall–Kier alpha value is -1.75. The number of hydrogen-bond donors (Lipinski definition) is 1. The normalized spacial score (nSPS) is 10.7. The Labute approximate surface area is 123 Å². The second-order valence-electron chi connectivity index (χ2n) is 6.45. The molecule has 1 rings (SSSR count). The third kappa shape index (κ3) is 6.43. The van der Waals surface area contributed by atoms with Crippen molar-refractivity contribution in [1.29, 1.82) is 0 Å². The molecule has 0 fully saturated rings. The van der Waals surface area contributed by atoms with Gasteiger partial charge in [0.05, 0.1) is 0 Å². The zero-order valence-electron chi connectivity index (χ0n) is 13.4. The van der Waals surface area contributed by atoms with Crippen LogP contribution in [0.5, 0.6) is 0 Å². The third-order valence-corrected chi connectivity index (χ3v) is 2.94. The van der Waals surface area contributed by atoms with Crippen molar-refractivity contribution in [3.05, 3.63) is 41.4 Å². The summed E-state index contributed by atoms with van der Waals surface area (Å²) in [5.41, 5.74) is 4.61. The van der Waals surface area contributed by atoms with Gasteiger partial charge in [-0.3, -0.25) is 4.98 Å². The van der Waals surface area contributed by atoms with Crippen LogP contribution in [0.3, 0.4) is 0 Å². The molecule has 0 saturated heterocycles. The average Bonchev–Trinajstić information content (AvgIpc) is 2.31. The van der Waals surface area contributed by atoms with E-state index in [9.17, 15) is 0 Å². The maximum atomic E-state index is 4.31. The van der Waals surface area contributed by atoms with E-state index in [1.165, 1.54) is 5.56 Å². The van der Waals surface area contributed by atoms with Gasteiger partial charge in [0.2, 0.25) is 0 Å². The van der Waals surface area contributed by atoms with Crippen molar-refractivity contribution in [2.75, 3.05) is 6.54 Å². The van der Waals surface area contributed by atoms with Crippen LogP contribution in [0.25, 0.3) is 0 Å². The zero-order chi connectivity index (χ0) is 15.2. The van der Waals surface area contributed by atoms with Crippen LogP contribution in [0, 0.1) is 31.1 Å². The largest absolute Gasteiger partial charge is 0.388 e. The molecule has 0 amide bonds. The van der Waals surface area contributed by atoms with Crippen LogP contribution >= 0.6 is 0 Å². The highest BCUT2D eigenvalue weighted by molar-refractivity contribution is 5.36. The fourth-order valence-corrected chi connectivity index (χ4v) is 1.88. The summed E-state index contributed by atoms with van der Waals surface area (Å²) in [6.07, 6.45) is 3.64. The highest BCUT2D eigenvalue weighted by Crippen LogP contribution is 2.21. The minimum Gasteiger partial charge on any atom is -0.388 e. The van der Waals surface area contributed by atoms with Crippen molar-refractivity contribution in [3.8, 4) is 11.8 Å². The quantitative estimate of drug-likeness (QED) is 0.661. The molecular weight excluding hydrogens is 244 g/mol. The second-order valence-corrected chi connectivity index (χ2v) is 6.45. The number of hydrogen-bond acceptors (Lipinski definition) is 2. The lowest BCUT2D eigenvalue weighted by molar-refractivity contribution is 0.399. The topological polar surface area (TPSA) is 24.9 Å². The van der Waals surface area contributed by atoms with E-state index in [-0.39, 0.29) is 5.41 Å². The Bertz CT molecular complexity index is 525. The standard InChI is InChI=1S/C18H26N2/c1-14-11-17(13-20-16(14)3)9-7-8-10-19-15(2)12-18(4,5)6/h11,13,19H,2,8,10,12H2,1,3-6H3. The van der Waals surface area contributed by atoms with Gasteiger partial charge in [0.15, 0.2) is 0 Å². The van der Waals surface area contributed by atoms with Crippen LogP contribution in [0.4, 0.5) is 0 Å². The van der Waals surface area contributed by atoms with Gasteiger partial charge in [-0.1, -0.05) is 39.2 Å². The van der Waals surface area contributed by atoms with E-state index in [4.69, 9.17) is 0 Å². The van der Waals surface area contributed by atoms with Gasteiger partial charge in [-0.05, 0) is 37.3 Å². The summed E-state index contributed by atoms with van der Waals surface area (Å²) in [6.45, 7) is 15.6. The smallest absolute Gasteiger partial charge is 0.0431 e. The van der Waals surface area contributed by atoms with Gasteiger partial charge in [-0.15, -0.1) is 0 Å². The molecule has 108 valence electrons. The molecule has 0 unspecified atom stereocenters. The summed E-state index contributed by atoms with van der Waals surface area (Å²) in [4.78, 5) is 4.31. The number of nitrogens with one attached hydrogen (secondary N) is 1. The molecule has 1 aromatic heterocycles. The van der Waals surface area contributed by atoms with Gasteiger partial charge in [0, 0.05) is 36.1 Å². The summed E-state index contributed by atoms with van der Waals surface area (Å²) >= 11 is 0. The molecular formula is C18H26N2. The maximum Gasteiger partial charge on any atom is 0.0431 e. The number of aromatic nitrogens is 1. The maximum absolute atomic E-state index is 4.31. The van der Waals surface area contributed by atoms with Crippen LogP contribution < -0.4 is 5.32 Å². The van der Waals surface area contributed by atoms with Gasteiger partial charge < -0.3 is 5.32 Å². The first-order chi connectivity index (χ1) is 9.28. The van der Waals surface area contributed by atoms with Gasteiger partial charge >= 0.3 is 0 Å². The lowest BCUT2D eigenvalue weighted by Gasteiger charge is -2.20. The Kier molecular flexibility index (Phi) is 5.82. The van der Waals surface area contributed by atoms with Crippen molar-refractivity contribution in [2.24, 2.45) is 5.41 Å². The molecule has 0 spiro atoms. The minimum absolute atomic E-state index is 0.279. The van der Waals surface area contributed by atoms with Crippen molar-refractivity contribution in [2.45, 2.75) is 47.5 Å². The van der Waals surface area contributed by atoms with Crippen molar-refractivity contribution >= 4 is 0 Å². The number of nitrogens with zero attached hydrogens (tertiary/aromatic N) is 1. The molecule has 20 heavy (non-hydrogen) atoms. The first-order valence-electron chi connectivity index (χ1n) is 7.12. The van der Waals surface area contributed by atoms with Crippen LogP contribution in [0.15, 0.2) is 24.5 Å². The first kappa shape index (κ1) is 16.3. The van der Waals surface area contributed by atoms with Crippen LogP contribution in [0.1, 0.15) is 50.4 Å². The fourth-order valence-electron chi connectivity index (χ4n) is 1.88. The van der Waals surface area contributed by atoms with E-state index in [1.54, 1.807) is 0 Å². The van der Waals surface area contributed by atoms with Crippen molar-refractivity contribution in [1.82, 2.24) is 10.3 Å². The molecule has 2 nitrogen and oxygen atoms in total. The molecule has 0 aliphatic rings. The Morgan fingerprint density at radius 3 is 2.65 bits per heavy atom. The molecule has 0 bridgehead atoms.